The summed E-state index contributed by atoms with van der Waals surface area (Å²) in [6.45, 7) is 5.57. The number of dihydropyridines is 1. The zero-order valence-electron chi connectivity index (χ0n) is 10.5. The van der Waals surface area contributed by atoms with Gasteiger partial charge in [-0.3, -0.25) is 0 Å². The molecule has 3 aliphatic heterocycles. The van der Waals surface area contributed by atoms with Crippen molar-refractivity contribution < 1.29 is 9.13 Å². The first-order valence-electron chi connectivity index (χ1n) is 6.44. The standard InChI is InChI=1S/C13H18FN3O/c1-9-8-18-5-4-17(9)13-11(14)6-10-7-15-3-2-12(10)16-13/h2,6,9,11,15H,3-5,7-8H2,1H3/t9-,11?/m1/s1. The molecule has 0 amide bonds. The van der Waals surface area contributed by atoms with E-state index in [1.54, 1.807) is 6.08 Å². The van der Waals surface area contributed by atoms with E-state index in [-0.39, 0.29) is 6.04 Å². The SMILES string of the molecule is C[C@@H]1COCCN1C1=NC2=CCNCC2=CC1F. The van der Waals surface area contributed by atoms with Gasteiger partial charge < -0.3 is 15.0 Å². The van der Waals surface area contributed by atoms with E-state index >= 15 is 0 Å². The lowest BCUT2D eigenvalue weighted by molar-refractivity contribution is 0.0308. The molecule has 0 aliphatic carbocycles. The van der Waals surface area contributed by atoms with E-state index in [1.165, 1.54) is 0 Å². The number of nitrogens with zero attached hydrogens (tertiary/aromatic N) is 2. The molecule has 0 radical (unpaired) electrons. The number of aliphatic imine (C=N–C) groups is 1. The zero-order chi connectivity index (χ0) is 12.5. The average molecular weight is 251 g/mol. The van der Waals surface area contributed by atoms with Gasteiger partial charge in [-0.05, 0) is 24.6 Å². The number of alkyl halides is 1. The van der Waals surface area contributed by atoms with Gasteiger partial charge in [-0.25, -0.2) is 9.38 Å². The van der Waals surface area contributed by atoms with Gasteiger partial charge in [0.25, 0.3) is 0 Å². The van der Waals surface area contributed by atoms with Gasteiger partial charge in [0.15, 0.2) is 6.17 Å². The van der Waals surface area contributed by atoms with Crippen LogP contribution in [0, 0.1) is 0 Å². The Kier molecular flexibility index (Phi) is 3.18. The van der Waals surface area contributed by atoms with Crippen LogP contribution in [-0.4, -0.2) is 55.8 Å². The summed E-state index contributed by atoms with van der Waals surface area (Å²) in [4.78, 5) is 6.56. The van der Waals surface area contributed by atoms with Gasteiger partial charge in [0.05, 0.1) is 25.0 Å². The molecule has 98 valence electrons. The van der Waals surface area contributed by atoms with Crippen molar-refractivity contribution in [1.29, 1.82) is 0 Å². The Balaban J connectivity index is 1.87. The molecule has 1 unspecified atom stereocenters. The molecule has 0 saturated carbocycles. The first kappa shape index (κ1) is 11.9. The van der Waals surface area contributed by atoms with E-state index in [0.29, 0.717) is 25.6 Å². The minimum atomic E-state index is -1.10. The molecule has 5 heteroatoms. The van der Waals surface area contributed by atoms with Gasteiger partial charge in [-0.15, -0.1) is 0 Å². The van der Waals surface area contributed by atoms with Crippen LogP contribution in [0.3, 0.4) is 0 Å². The van der Waals surface area contributed by atoms with Crippen molar-refractivity contribution in [2.45, 2.75) is 19.1 Å². The number of rotatable bonds is 0. The topological polar surface area (TPSA) is 36.9 Å². The van der Waals surface area contributed by atoms with Crippen LogP contribution in [-0.2, 0) is 4.74 Å². The largest absolute Gasteiger partial charge is 0.377 e. The summed E-state index contributed by atoms with van der Waals surface area (Å²) < 4.78 is 19.6. The van der Waals surface area contributed by atoms with Crippen molar-refractivity contribution in [3.63, 3.8) is 0 Å². The van der Waals surface area contributed by atoms with Gasteiger partial charge in [0.2, 0.25) is 0 Å². The van der Waals surface area contributed by atoms with Crippen LogP contribution in [0.15, 0.2) is 28.4 Å². The van der Waals surface area contributed by atoms with Crippen LogP contribution >= 0.6 is 0 Å². The molecule has 3 rings (SSSR count). The summed E-state index contributed by atoms with van der Waals surface area (Å²) in [5.74, 6) is 0.544. The monoisotopic (exact) mass is 251 g/mol. The lowest BCUT2D eigenvalue weighted by atomic mass is 10.0. The lowest BCUT2D eigenvalue weighted by Gasteiger charge is -2.38. The molecule has 0 aromatic rings. The smallest absolute Gasteiger partial charge is 0.176 e. The second-order valence-corrected chi connectivity index (χ2v) is 4.90. The van der Waals surface area contributed by atoms with Crippen molar-refractivity contribution in [2.24, 2.45) is 4.99 Å². The average Bonchev–Trinajstić information content (AvgIpc) is 2.39. The first-order chi connectivity index (χ1) is 8.75. The molecule has 0 spiro atoms. The highest BCUT2D eigenvalue weighted by atomic mass is 19.1. The highest BCUT2D eigenvalue weighted by molar-refractivity contribution is 5.91. The molecule has 1 fully saturated rings. The summed E-state index contributed by atoms with van der Waals surface area (Å²) in [6.07, 6.45) is 2.60. The van der Waals surface area contributed by atoms with Crippen LogP contribution < -0.4 is 5.32 Å². The number of amidine groups is 1. The third kappa shape index (κ3) is 2.08. The highest BCUT2D eigenvalue weighted by Gasteiger charge is 2.30. The third-order valence-electron chi connectivity index (χ3n) is 3.58. The molecule has 0 bridgehead atoms. The minimum Gasteiger partial charge on any atom is -0.377 e. The van der Waals surface area contributed by atoms with Crippen LogP contribution in [0.5, 0.6) is 0 Å². The Hall–Kier alpha value is -1.20. The Morgan fingerprint density at radius 1 is 1.56 bits per heavy atom. The fourth-order valence-corrected chi connectivity index (χ4v) is 2.59. The molecular formula is C13H18FN3O. The Labute approximate surface area is 106 Å². The minimum absolute atomic E-state index is 0.188. The molecule has 2 atom stereocenters. The van der Waals surface area contributed by atoms with Gasteiger partial charge >= 0.3 is 0 Å². The van der Waals surface area contributed by atoms with Gasteiger partial charge in [0, 0.05) is 19.6 Å². The highest BCUT2D eigenvalue weighted by Crippen LogP contribution is 2.24. The predicted octanol–water partition coefficient (Wildman–Crippen LogP) is 0.871. The molecule has 3 heterocycles. The van der Waals surface area contributed by atoms with E-state index in [1.807, 2.05) is 17.9 Å². The summed E-state index contributed by atoms with van der Waals surface area (Å²) >= 11 is 0. The second kappa shape index (κ2) is 4.82. The van der Waals surface area contributed by atoms with Crippen molar-refractivity contribution in [3.05, 3.63) is 23.4 Å². The van der Waals surface area contributed by atoms with Crippen molar-refractivity contribution in [1.82, 2.24) is 10.2 Å². The molecule has 0 aromatic carbocycles. The summed E-state index contributed by atoms with van der Waals surface area (Å²) in [6, 6.07) is 0.188. The van der Waals surface area contributed by atoms with Crippen molar-refractivity contribution >= 4 is 5.84 Å². The molecule has 1 N–H and O–H groups in total. The van der Waals surface area contributed by atoms with Crippen LogP contribution in [0.4, 0.5) is 4.39 Å². The zero-order valence-corrected chi connectivity index (χ0v) is 10.5. The van der Waals surface area contributed by atoms with Gasteiger partial charge in [0.1, 0.15) is 5.84 Å². The number of hydrogen-bond donors (Lipinski definition) is 1. The number of ether oxygens (including phenoxy) is 1. The fourth-order valence-electron chi connectivity index (χ4n) is 2.59. The van der Waals surface area contributed by atoms with E-state index in [2.05, 4.69) is 10.3 Å². The predicted molar refractivity (Wildman–Crippen MR) is 68.4 cm³/mol. The molecule has 1 saturated heterocycles. The molecular weight excluding hydrogens is 233 g/mol. The Morgan fingerprint density at radius 2 is 2.44 bits per heavy atom. The number of nitrogens with one attached hydrogen (secondary N) is 1. The maximum absolute atomic E-state index is 14.2. The number of hydrogen-bond acceptors (Lipinski definition) is 4. The number of morpholine rings is 1. The Bertz CT molecular complexity index is 430. The Morgan fingerprint density at radius 3 is 3.28 bits per heavy atom. The quantitative estimate of drug-likeness (QED) is 0.694. The maximum Gasteiger partial charge on any atom is 0.176 e. The van der Waals surface area contributed by atoms with Crippen LogP contribution in [0.2, 0.25) is 0 Å². The fraction of sp³-hybridized carbons (Fsp3) is 0.615. The van der Waals surface area contributed by atoms with Crippen molar-refractivity contribution in [3.8, 4) is 0 Å². The van der Waals surface area contributed by atoms with Crippen LogP contribution in [0.1, 0.15) is 6.92 Å². The van der Waals surface area contributed by atoms with E-state index in [0.717, 1.165) is 24.4 Å². The van der Waals surface area contributed by atoms with E-state index < -0.39 is 6.17 Å². The van der Waals surface area contributed by atoms with Crippen molar-refractivity contribution in [2.75, 3.05) is 32.8 Å². The molecule has 3 aliphatic rings. The third-order valence-corrected chi connectivity index (χ3v) is 3.58. The van der Waals surface area contributed by atoms with Crippen LogP contribution in [0.25, 0.3) is 0 Å². The first-order valence-corrected chi connectivity index (χ1v) is 6.44. The molecule has 0 aromatic heterocycles. The number of halogens is 1. The van der Waals surface area contributed by atoms with Gasteiger partial charge in [-0.1, -0.05) is 0 Å². The maximum atomic E-state index is 14.2. The van der Waals surface area contributed by atoms with E-state index in [4.69, 9.17) is 4.74 Å². The molecule has 18 heavy (non-hydrogen) atoms. The van der Waals surface area contributed by atoms with Gasteiger partial charge in [-0.2, -0.15) is 0 Å². The molecule has 4 nitrogen and oxygen atoms in total. The van der Waals surface area contributed by atoms with E-state index in [9.17, 15) is 4.39 Å². The number of fused-ring (bicyclic) bond motifs is 1. The summed E-state index contributed by atoms with van der Waals surface area (Å²) in [5, 5.41) is 3.19. The second-order valence-electron chi connectivity index (χ2n) is 4.90. The summed E-state index contributed by atoms with van der Waals surface area (Å²) in [5.41, 5.74) is 1.90. The summed E-state index contributed by atoms with van der Waals surface area (Å²) in [7, 11) is 0. The lowest BCUT2D eigenvalue weighted by Crippen LogP contribution is -2.50. The normalized spacial score (nSPS) is 32.3.